The number of benzene rings is 1. The van der Waals surface area contributed by atoms with Crippen molar-refractivity contribution >= 4 is 17.4 Å². The molecule has 1 aliphatic rings. The third-order valence-corrected chi connectivity index (χ3v) is 4.43. The first kappa shape index (κ1) is 14.3. The highest BCUT2D eigenvalue weighted by molar-refractivity contribution is 6.29. The van der Waals surface area contributed by atoms with Crippen LogP contribution in [-0.2, 0) is 0 Å². The number of halogens is 1. The zero-order valence-electron chi connectivity index (χ0n) is 12.3. The van der Waals surface area contributed by atoms with Crippen LogP contribution in [0.5, 0.6) is 0 Å². The Hall–Kier alpha value is -1.61. The smallest absolute Gasteiger partial charge is 0.163 e. The van der Waals surface area contributed by atoms with Gasteiger partial charge in [-0.25, -0.2) is 9.97 Å². The zero-order chi connectivity index (χ0) is 14.7. The predicted molar refractivity (Wildman–Crippen MR) is 87.5 cm³/mol. The fraction of sp³-hybridized carbons (Fsp3) is 0.412. The number of nitrogens with one attached hydrogen (secondary N) is 1. The molecule has 21 heavy (non-hydrogen) atoms. The lowest BCUT2D eigenvalue weighted by Gasteiger charge is -2.24. The van der Waals surface area contributed by atoms with Gasteiger partial charge in [-0.3, -0.25) is 0 Å². The summed E-state index contributed by atoms with van der Waals surface area (Å²) in [7, 11) is 0. The van der Waals surface area contributed by atoms with E-state index in [0.29, 0.717) is 16.4 Å². The van der Waals surface area contributed by atoms with Gasteiger partial charge in [-0.15, -0.1) is 0 Å². The van der Waals surface area contributed by atoms with Crippen LogP contribution in [0, 0.1) is 5.41 Å². The van der Waals surface area contributed by atoms with Crippen LogP contribution in [0.4, 0.5) is 5.82 Å². The average molecular weight is 302 g/mol. The van der Waals surface area contributed by atoms with E-state index < -0.39 is 0 Å². The Morgan fingerprint density at radius 3 is 2.57 bits per heavy atom. The SMILES string of the molecule is CC1(CNc2cc(Cl)nc(-c3ccccc3)n2)CCCC1. The van der Waals surface area contributed by atoms with Crippen molar-refractivity contribution in [1.29, 1.82) is 0 Å². The first-order chi connectivity index (χ1) is 10.1. The Morgan fingerprint density at radius 1 is 1.14 bits per heavy atom. The molecule has 3 nitrogen and oxygen atoms in total. The van der Waals surface area contributed by atoms with E-state index in [-0.39, 0.29) is 0 Å². The minimum absolute atomic E-state index is 0.379. The van der Waals surface area contributed by atoms with E-state index >= 15 is 0 Å². The number of aromatic nitrogens is 2. The minimum atomic E-state index is 0.379. The van der Waals surface area contributed by atoms with E-state index in [2.05, 4.69) is 22.2 Å². The molecule has 1 heterocycles. The first-order valence-corrected chi connectivity index (χ1v) is 7.86. The van der Waals surface area contributed by atoms with E-state index in [1.807, 2.05) is 30.3 Å². The van der Waals surface area contributed by atoms with Gasteiger partial charge in [0.1, 0.15) is 11.0 Å². The van der Waals surface area contributed by atoms with Crippen LogP contribution < -0.4 is 5.32 Å². The molecule has 0 radical (unpaired) electrons. The Labute approximate surface area is 130 Å². The maximum Gasteiger partial charge on any atom is 0.163 e. The molecule has 1 aromatic heterocycles. The number of nitrogens with zero attached hydrogens (tertiary/aromatic N) is 2. The molecule has 0 unspecified atom stereocenters. The zero-order valence-corrected chi connectivity index (χ0v) is 13.0. The molecule has 4 heteroatoms. The molecule has 1 aromatic carbocycles. The number of anilines is 1. The van der Waals surface area contributed by atoms with E-state index in [1.54, 1.807) is 6.07 Å². The van der Waals surface area contributed by atoms with Crippen LogP contribution in [0.1, 0.15) is 32.6 Å². The lowest BCUT2D eigenvalue weighted by molar-refractivity contribution is 0.361. The van der Waals surface area contributed by atoms with Gasteiger partial charge >= 0.3 is 0 Å². The summed E-state index contributed by atoms with van der Waals surface area (Å²) < 4.78 is 0. The van der Waals surface area contributed by atoms with Crippen LogP contribution in [0.25, 0.3) is 11.4 Å². The summed E-state index contributed by atoms with van der Waals surface area (Å²) in [6, 6.07) is 11.7. The van der Waals surface area contributed by atoms with Crippen molar-refractivity contribution in [2.75, 3.05) is 11.9 Å². The molecular formula is C17H20ClN3. The second-order valence-electron chi connectivity index (χ2n) is 6.14. The summed E-state index contributed by atoms with van der Waals surface area (Å²) in [4.78, 5) is 8.90. The van der Waals surface area contributed by atoms with Crippen molar-refractivity contribution in [3.63, 3.8) is 0 Å². The van der Waals surface area contributed by atoms with Crippen molar-refractivity contribution < 1.29 is 0 Å². The molecule has 1 aliphatic carbocycles. The molecule has 3 rings (SSSR count). The minimum Gasteiger partial charge on any atom is -0.369 e. The lowest BCUT2D eigenvalue weighted by Crippen LogP contribution is -2.23. The largest absolute Gasteiger partial charge is 0.369 e. The lowest BCUT2D eigenvalue weighted by atomic mass is 9.89. The highest BCUT2D eigenvalue weighted by Gasteiger charge is 2.28. The van der Waals surface area contributed by atoms with E-state index in [4.69, 9.17) is 11.6 Å². The molecule has 1 saturated carbocycles. The molecule has 0 saturated heterocycles. The van der Waals surface area contributed by atoms with Crippen molar-refractivity contribution in [1.82, 2.24) is 9.97 Å². The van der Waals surface area contributed by atoms with Crippen molar-refractivity contribution in [2.45, 2.75) is 32.6 Å². The second kappa shape index (κ2) is 6.02. The van der Waals surface area contributed by atoms with Gasteiger partial charge in [0.2, 0.25) is 0 Å². The summed E-state index contributed by atoms with van der Waals surface area (Å²) >= 11 is 6.14. The van der Waals surface area contributed by atoms with E-state index in [1.165, 1.54) is 25.7 Å². The molecule has 110 valence electrons. The quantitative estimate of drug-likeness (QED) is 0.825. The van der Waals surface area contributed by atoms with Crippen molar-refractivity contribution in [2.24, 2.45) is 5.41 Å². The molecular weight excluding hydrogens is 282 g/mol. The van der Waals surface area contributed by atoms with Gasteiger partial charge in [-0.05, 0) is 18.3 Å². The maximum absolute atomic E-state index is 6.14. The van der Waals surface area contributed by atoms with Crippen LogP contribution in [-0.4, -0.2) is 16.5 Å². The molecule has 0 amide bonds. The fourth-order valence-corrected chi connectivity index (χ4v) is 3.12. The predicted octanol–water partition coefficient (Wildman–Crippen LogP) is 4.79. The maximum atomic E-state index is 6.14. The van der Waals surface area contributed by atoms with Gasteiger partial charge in [0.05, 0.1) is 0 Å². The van der Waals surface area contributed by atoms with Gasteiger partial charge in [0.25, 0.3) is 0 Å². The molecule has 0 atom stereocenters. The Morgan fingerprint density at radius 2 is 1.86 bits per heavy atom. The molecule has 1 N–H and O–H groups in total. The second-order valence-corrected chi connectivity index (χ2v) is 6.52. The number of hydrogen-bond acceptors (Lipinski definition) is 3. The topological polar surface area (TPSA) is 37.8 Å². The van der Waals surface area contributed by atoms with Gasteiger partial charge in [-0.1, -0.05) is 61.7 Å². The van der Waals surface area contributed by atoms with Gasteiger partial charge in [-0.2, -0.15) is 0 Å². The highest BCUT2D eigenvalue weighted by Crippen LogP contribution is 2.37. The van der Waals surface area contributed by atoms with E-state index in [9.17, 15) is 0 Å². The molecule has 1 fully saturated rings. The normalized spacial score (nSPS) is 16.9. The summed E-state index contributed by atoms with van der Waals surface area (Å²) in [5, 5.41) is 3.92. The molecule has 0 bridgehead atoms. The Bertz CT molecular complexity index is 607. The van der Waals surface area contributed by atoms with Crippen molar-refractivity contribution in [3.05, 3.63) is 41.6 Å². The van der Waals surface area contributed by atoms with E-state index in [0.717, 1.165) is 17.9 Å². The van der Waals surface area contributed by atoms with Crippen LogP contribution in [0.2, 0.25) is 5.15 Å². The highest BCUT2D eigenvalue weighted by atomic mass is 35.5. The summed E-state index contributed by atoms with van der Waals surface area (Å²) in [6.07, 6.45) is 5.23. The van der Waals surface area contributed by atoms with Gasteiger partial charge in [0.15, 0.2) is 5.82 Å². The summed E-state index contributed by atoms with van der Waals surface area (Å²) in [6.45, 7) is 3.28. The van der Waals surface area contributed by atoms with Crippen LogP contribution in [0.15, 0.2) is 36.4 Å². The molecule has 0 aliphatic heterocycles. The monoisotopic (exact) mass is 301 g/mol. The van der Waals surface area contributed by atoms with Crippen molar-refractivity contribution in [3.8, 4) is 11.4 Å². The average Bonchev–Trinajstić information content (AvgIpc) is 2.93. The molecule has 0 spiro atoms. The number of hydrogen-bond donors (Lipinski definition) is 1. The summed E-state index contributed by atoms with van der Waals surface area (Å²) in [5.74, 6) is 1.48. The van der Waals surface area contributed by atoms with Crippen LogP contribution in [0.3, 0.4) is 0 Å². The van der Waals surface area contributed by atoms with Crippen LogP contribution >= 0.6 is 11.6 Å². The fourth-order valence-electron chi connectivity index (χ4n) is 2.93. The standard InChI is InChI=1S/C17H20ClN3/c1-17(9-5-6-10-17)12-19-15-11-14(18)20-16(21-15)13-7-3-2-4-8-13/h2-4,7-8,11H,5-6,9-10,12H2,1H3,(H,19,20,21). The third kappa shape index (κ3) is 3.53. The third-order valence-electron chi connectivity index (χ3n) is 4.23. The summed E-state index contributed by atoms with van der Waals surface area (Å²) in [5.41, 5.74) is 1.36. The van der Waals surface area contributed by atoms with Gasteiger partial charge < -0.3 is 5.32 Å². The molecule has 2 aromatic rings. The van der Waals surface area contributed by atoms with Gasteiger partial charge in [0, 0.05) is 18.2 Å². The Kier molecular flexibility index (Phi) is 4.11. The number of rotatable bonds is 4. The Balaban J connectivity index is 1.78. The first-order valence-electron chi connectivity index (χ1n) is 7.49.